The van der Waals surface area contributed by atoms with Crippen molar-refractivity contribution < 1.29 is 9.53 Å². The van der Waals surface area contributed by atoms with Crippen LogP contribution in [0.2, 0.25) is 0 Å². The van der Waals surface area contributed by atoms with Crippen molar-refractivity contribution >= 4 is 18.5 Å². The number of benzene rings is 1. The van der Waals surface area contributed by atoms with Gasteiger partial charge in [0.15, 0.2) is 0 Å². The van der Waals surface area contributed by atoms with Crippen LogP contribution in [0, 0.1) is 12.3 Å². The van der Waals surface area contributed by atoms with E-state index in [-0.39, 0.29) is 30.0 Å². The van der Waals surface area contributed by atoms with Gasteiger partial charge >= 0.3 is 6.09 Å². The van der Waals surface area contributed by atoms with Crippen LogP contribution in [0.15, 0.2) is 24.3 Å². The van der Waals surface area contributed by atoms with Gasteiger partial charge in [0.1, 0.15) is 6.61 Å². The van der Waals surface area contributed by atoms with Gasteiger partial charge < -0.3 is 10.1 Å². The van der Waals surface area contributed by atoms with E-state index in [9.17, 15) is 4.79 Å². The topological polar surface area (TPSA) is 38.3 Å². The van der Waals surface area contributed by atoms with E-state index in [0.717, 1.165) is 5.56 Å². The lowest BCUT2D eigenvalue weighted by Crippen LogP contribution is -2.46. The van der Waals surface area contributed by atoms with Crippen LogP contribution in [0.3, 0.4) is 0 Å². The molecule has 0 bridgehead atoms. The number of cyclic esters (lactones) is 1. The number of carbonyl (C=O) groups excluding carboxylic acids is 1. The van der Waals surface area contributed by atoms with Gasteiger partial charge in [0.05, 0.1) is 6.04 Å². The molecule has 17 heavy (non-hydrogen) atoms. The van der Waals surface area contributed by atoms with Crippen LogP contribution in [0.4, 0.5) is 4.79 Å². The van der Waals surface area contributed by atoms with Gasteiger partial charge in [0.25, 0.3) is 0 Å². The van der Waals surface area contributed by atoms with Crippen LogP contribution in [-0.2, 0) is 4.74 Å². The van der Waals surface area contributed by atoms with Crippen molar-refractivity contribution in [2.75, 3.05) is 6.61 Å². The minimum atomic E-state index is -0.329. The average molecular weight is 256 g/mol. The lowest BCUT2D eigenvalue weighted by molar-refractivity contribution is 0.0387. The Morgan fingerprint density at radius 2 is 1.88 bits per heavy atom. The smallest absolute Gasteiger partial charge is 0.407 e. The van der Waals surface area contributed by atoms with E-state index in [4.69, 9.17) is 4.74 Å². The molecule has 1 atom stereocenters. The first-order valence-electron chi connectivity index (χ1n) is 5.49. The Morgan fingerprint density at radius 3 is 2.47 bits per heavy atom. The summed E-state index contributed by atoms with van der Waals surface area (Å²) in [6.07, 6.45) is -0.329. The maximum atomic E-state index is 11.3. The second kappa shape index (κ2) is 4.96. The van der Waals surface area contributed by atoms with Crippen LogP contribution in [-0.4, -0.2) is 12.7 Å². The Hall–Kier alpha value is -1.22. The Bertz CT molecular complexity index is 400. The van der Waals surface area contributed by atoms with Crippen molar-refractivity contribution in [2.24, 2.45) is 5.41 Å². The van der Waals surface area contributed by atoms with Crippen LogP contribution < -0.4 is 5.32 Å². The van der Waals surface area contributed by atoms with E-state index in [1.165, 1.54) is 5.56 Å². The number of ether oxygens (including phenoxy) is 1. The second-order valence-electron chi connectivity index (χ2n) is 5.05. The molecule has 1 aliphatic rings. The zero-order chi connectivity index (χ0) is 11.8. The molecule has 3 nitrogen and oxygen atoms in total. The number of aryl methyl sites for hydroxylation is 1. The van der Waals surface area contributed by atoms with Crippen LogP contribution in [0.5, 0.6) is 0 Å². The molecule has 1 fully saturated rings. The molecular weight excluding hydrogens is 238 g/mol. The Labute approximate surface area is 108 Å². The quantitative estimate of drug-likeness (QED) is 0.837. The maximum absolute atomic E-state index is 11.3. The Morgan fingerprint density at radius 1 is 1.29 bits per heavy atom. The summed E-state index contributed by atoms with van der Waals surface area (Å²) in [7, 11) is 0. The predicted molar refractivity (Wildman–Crippen MR) is 69.4 cm³/mol. The summed E-state index contributed by atoms with van der Waals surface area (Å²) in [6.45, 7) is 6.70. The molecule has 1 aromatic carbocycles. The Kier molecular flexibility index (Phi) is 4.04. The molecule has 94 valence electrons. The average Bonchev–Trinajstić information content (AvgIpc) is 2.23. The van der Waals surface area contributed by atoms with Crippen LogP contribution in [0.25, 0.3) is 0 Å². The lowest BCUT2D eigenvalue weighted by atomic mass is 9.80. The third kappa shape index (κ3) is 2.91. The summed E-state index contributed by atoms with van der Waals surface area (Å²) in [5, 5.41) is 2.88. The highest BCUT2D eigenvalue weighted by Crippen LogP contribution is 2.36. The molecule has 1 aromatic rings. The standard InChI is InChI=1S/C13H17NO2.ClH/c1-9-4-6-10(7-5-9)11-13(2,3)8-16-12(15)14-11;/h4-7,11H,8H2,1-3H3,(H,14,15);1H/t11-;/m1./s1. The first-order valence-corrected chi connectivity index (χ1v) is 5.49. The second-order valence-corrected chi connectivity index (χ2v) is 5.05. The van der Waals surface area contributed by atoms with Crippen molar-refractivity contribution in [3.8, 4) is 0 Å². The molecule has 4 heteroatoms. The molecule has 1 aliphatic heterocycles. The largest absolute Gasteiger partial charge is 0.449 e. The number of nitrogens with one attached hydrogen (secondary N) is 1. The van der Waals surface area contributed by atoms with Crippen molar-refractivity contribution in [3.63, 3.8) is 0 Å². The number of hydrogen-bond acceptors (Lipinski definition) is 2. The number of amides is 1. The summed E-state index contributed by atoms with van der Waals surface area (Å²) < 4.78 is 5.02. The number of alkyl carbamates (subject to hydrolysis) is 1. The summed E-state index contributed by atoms with van der Waals surface area (Å²) in [5.41, 5.74) is 2.27. The van der Waals surface area contributed by atoms with Gasteiger partial charge in [-0.15, -0.1) is 12.4 Å². The number of rotatable bonds is 1. The summed E-state index contributed by atoms with van der Waals surface area (Å²) >= 11 is 0. The first kappa shape index (κ1) is 13.8. The van der Waals surface area contributed by atoms with Crippen LogP contribution in [0.1, 0.15) is 31.0 Å². The molecule has 0 aromatic heterocycles. The normalized spacial score (nSPS) is 22.1. The van der Waals surface area contributed by atoms with Gasteiger partial charge in [-0.2, -0.15) is 0 Å². The molecule has 1 saturated heterocycles. The fraction of sp³-hybridized carbons (Fsp3) is 0.462. The van der Waals surface area contributed by atoms with E-state index in [0.29, 0.717) is 6.61 Å². The summed E-state index contributed by atoms with van der Waals surface area (Å²) in [4.78, 5) is 11.3. The molecule has 1 heterocycles. The predicted octanol–water partition coefficient (Wildman–Crippen LogP) is 3.22. The fourth-order valence-electron chi connectivity index (χ4n) is 1.98. The van der Waals surface area contributed by atoms with E-state index >= 15 is 0 Å². The van der Waals surface area contributed by atoms with E-state index < -0.39 is 0 Å². The van der Waals surface area contributed by atoms with Crippen molar-refractivity contribution in [3.05, 3.63) is 35.4 Å². The number of hydrogen-bond donors (Lipinski definition) is 1. The zero-order valence-electron chi connectivity index (χ0n) is 10.3. The zero-order valence-corrected chi connectivity index (χ0v) is 11.1. The van der Waals surface area contributed by atoms with Crippen molar-refractivity contribution in [1.29, 1.82) is 0 Å². The lowest BCUT2D eigenvalue weighted by Gasteiger charge is -2.38. The molecule has 2 rings (SSSR count). The molecule has 0 radical (unpaired) electrons. The van der Waals surface area contributed by atoms with Gasteiger partial charge in [-0.1, -0.05) is 43.7 Å². The van der Waals surface area contributed by atoms with Crippen molar-refractivity contribution in [2.45, 2.75) is 26.8 Å². The minimum absolute atomic E-state index is 0. The van der Waals surface area contributed by atoms with Gasteiger partial charge in [-0.05, 0) is 12.5 Å². The van der Waals surface area contributed by atoms with Gasteiger partial charge in [-0.25, -0.2) is 4.79 Å². The van der Waals surface area contributed by atoms with Crippen molar-refractivity contribution in [1.82, 2.24) is 5.32 Å². The molecule has 1 N–H and O–H groups in total. The molecule has 0 aliphatic carbocycles. The highest BCUT2D eigenvalue weighted by molar-refractivity contribution is 5.85. The first-order chi connectivity index (χ1) is 7.49. The van der Waals surface area contributed by atoms with Gasteiger partial charge in [0.2, 0.25) is 0 Å². The number of carbonyl (C=O) groups is 1. The fourth-order valence-corrected chi connectivity index (χ4v) is 1.98. The van der Waals surface area contributed by atoms with Gasteiger partial charge in [0, 0.05) is 5.41 Å². The maximum Gasteiger partial charge on any atom is 0.407 e. The molecular formula is C13H18ClNO2. The van der Waals surface area contributed by atoms with E-state index in [1.54, 1.807) is 0 Å². The third-order valence-electron chi connectivity index (χ3n) is 3.03. The number of halogens is 1. The summed E-state index contributed by atoms with van der Waals surface area (Å²) in [5.74, 6) is 0. The summed E-state index contributed by atoms with van der Waals surface area (Å²) in [6, 6.07) is 8.27. The molecule has 0 saturated carbocycles. The third-order valence-corrected chi connectivity index (χ3v) is 3.03. The monoisotopic (exact) mass is 255 g/mol. The molecule has 1 amide bonds. The highest BCUT2D eigenvalue weighted by Gasteiger charge is 2.37. The molecule has 0 unspecified atom stereocenters. The van der Waals surface area contributed by atoms with Crippen LogP contribution >= 0.6 is 12.4 Å². The van der Waals surface area contributed by atoms with E-state index in [2.05, 4.69) is 50.4 Å². The minimum Gasteiger partial charge on any atom is -0.449 e. The molecule has 0 spiro atoms. The highest BCUT2D eigenvalue weighted by atomic mass is 35.5. The SMILES string of the molecule is Cc1ccc([C@H]2NC(=O)OCC2(C)C)cc1.Cl. The van der Waals surface area contributed by atoms with Gasteiger partial charge in [-0.3, -0.25) is 0 Å². The Balaban J connectivity index is 0.00000144. The van der Waals surface area contributed by atoms with E-state index in [1.807, 2.05) is 0 Å².